The number of fused-ring (bicyclic) bond motifs is 2. The number of amides is 4. The fourth-order valence-electron chi connectivity index (χ4n) is 4.69. The summed E-state index contributed by atoms with van der Waals surface area (Å²) in [5.74, 6) is -0.524. The van der Waals surface area contributed by atoms with Crippen LogP contribution in [0.3, 0.4) is 0 Å². The van der Waals surface area contributed by atoms with E-state index >= 15 is 0 Å². The first kappa shape index (κ1) is 21.1. The molecule has 2 unspecified atom stereocenters. The van der Waals surface area contributed by atoms with Crippen molar-refractivity contribution in [1.82, 2.24) is 15.5 Å². The predicted octanol–water partition coefficient (Wildman–Crippen LogP) is 3.46. The number of urea groups is 1. The third kappa shape index (κ3) is 3.71. The quantitative estimate of drug-likeness (QED) is 0.704. The van der Waals surface area contributed by atoms with E-state index in [1.54, 1.807) is 0 Å². The number of hydrogen-bond acceptors (Lipinski definition) is 3. The van der Waals surface area contributed by atoms with Gasteiger partial charge in [0.15, 0.2) is 0 Å². The van der Waals surface area contributed by atoms with Crippen molar-refractivity contribution < 1.29 is 14.4 Å². The number of carbonyl (C=O) groups excluding carboxylic acids is 3. The molecule has 2 atom stereocenters. The van der Waals surface area contributed by atoms with Crippen molar-refractivity contribution in [1.29, 1.82) is 0 Å². The molecular weight excluding hydrogens is 390 g/mol. The van der Waals surface area contributed by atoms with E-state index in [0.717, 1.165) is 34.4 Å². The molecule has 1 spiro atoms. The van der Waals surface area contributed by atoms with E-state index in [1.165, 1.54) is 5.56 Å². The minimum Gasteiger partial charge on any atom is -0.347 e. The average Bonchev–Trinajstić information content (AvgIpc) is 3.25. The fourth-order valence-corrected chi connectivity index (χ4v) is 4.69. The van der Waals surface area contributed by atoms with Crippen molar-refractivity contribution in [2.45, 2.75) is 51.6 Å². The molecule has 1 aliphatic carbocycles. The zero-order chi connectivity index (χ0) is 22.2. The normalized spacial score (nSPS) is 20.8. The Balaban J connectivity index is 1.49. The Morgan fingerprint density at radius 3 is 2.52 bits per heavy atom. The number of imide groups is 1. The Kier molecular flexibility index (Phi) is 5.56. The minimum atomic E-state index is -1.04. The van der Waals surface area contributed by atoms with Crippen LogP contribution < -0.4 is 10.6 Å². The number of aryl methyl sites for hydroxylation is 2. The molecule has 0 radical (unpaired) electrons. The maximum Gasteiger partial charge on any atom is 0.325 e. The van der Waals surface area contributed by atoms with Crippen LogP contribution in [-0.4, -0.2) is 29.3 Å². The molecule has 6 nitrogen and oxygen atoms in total. The predicted molar refractivity (Wildman–Crippen MR) is 118 cm³/mol. The van der Waals surface area contributed by atoms with E-state index in [0.29, 0.717) is 6.42 Å². The molecule has 6 heteroatoms. The van der Waals surface area contributed by atoms with Gasteiger partial charge in [-0.1, -0.05) is 69.3 Å². The lowest BCUT2D eigenvalue weighted by molar-refractivity contribution is -0.135. The molecular formula is C25H29N3O3. The zero-order valence-corrected chi connectivity index (χ0v) is 18.3. The third-order valence-electron chi connectivity index (χ3n) is 6.45. The van der Waals surface area contributed by atoms with Crippen LogP contribution in [0.4, 0.5) is 4.79 Å². The van der Waals surface area contributed by atoms with Gasteiger partial charge in [-0.15, -0.1) is 0 Å². The molecule has 162 valence electrons. The molecule has 0 bridgehead atoms. The van der Waals surface area contributed by atoms with Gasteiger partial charge in [0.25, 0.3) is 5.91 Å². The van der Waals surface area contributed by atoms with Gasteiger partial charge in [0, 0.05) is 0 Å². The van der Waals surface area contributed by atoms with E-state index in [4.69, 9.17) is 0 Å². The van der Waals surface area contributed by atoms with Crippen molar-refractivity contribution >= 4 is 17.8 Å². The summed E-state index contributed by atoms with van der Waals surface area (Å²) in [6.45, 7) is 5.89. The second-order valence-corrected chi connectivity index (χ2v) is 8.77. The highest BCUT2D eigenvalue weighted by Crippen LogP contribution is 2.41. The summed E-state index contributed by atoms with van der Waals surface area (Å²) in [6.07, 6.45) is 2.20. The molecule has 0 aromatic heterocycles. The Morgan fingerprint density at radius 1 is 1.13 bits per heavy atom. The molecule has 4 rings (SSSR count). The lowest BCUT2D eigenvalue weighted by atomic mass is 9.92. The monoisotopic (exact) mass is 419 g/mol. The zero-order valence-electron chi connectivity index (χ0n) is 18.3. The molecule has 31 heavy (non-hydrogen) atoms. The summed E-state index contributed by atoms with van der Waals surface area (Å²) in [6, 6.07) is 15.2. The maximum atomic E-state index is 13.3. The first-order valence-corrected chi connectivity index (χ1v) is 11.0. The van der Waals surface area contributed by atoms with Crippen LogP contribution in [0.1, 0.15) is 55.5 Å². The smallest absolute Gasteiger partial charge is 0.325 e. The third-order valence-corrected chi connectivity index (χ3v) is 6.45. The number of carbonyl (C=O) groups is 3. The summed E-state index contributed by atoms with van der Waals surface area (Å²) in [7, 11) is 0. The van der Waals surface area contributed by atoms with Crippen molar-refractivity contribution in [3.8, 4) is 0 Å². The molecule has 1 aliphatic heterocycles. The van der Waals surface area contributed by atoms with Gasteiger partial charge in [0.05, 0.1) is 6.04 Å². The summed E-state index contributed by atoms with van der Waals surface area (Å²) < 4.78 is 0. The van der Waals surface area contributed by atoms with Gasteiger partial charge in [-0.2, -0.15) is 0 Å². The lowest BCUT2D eigenvalue weighted by Crippen LogP contribution is -2.44. The fraction of sp³-hybridized carbons (Fsp3) is 0.400. The van der Waals surface area contributed by atoms with Crippen molar-refractivity contribution in [3.63, 3.8) is 0 Å². The van der Waals surface area contributed by atoms with E-state index in [-0.39, 0.29) is 30.3 Å². The molecule has 2 aromatic carbocycles. The van der Waals surface area contributed by atoms with Gasteiger partial charge in [0.2, 0.25) is 5.91 Å². The van der Waals surface area contributed by atoms with E-state index < -0.39 is 11.6 Å². The van der Waals surface area contributed by atoms with Crippen LogP contribution >= 0.6 is 0 Å². The standard InChI is InChI=1S/C25H29N3O3/c1-4-17-9-11-19(12-10-17)22(16(2)3)26-21(29)15-28-23(30)25(27-24(28)31)14-13-18-7-5-6-8-20(18)25/h5-12,16,22H,4,13-15H2,1-3H3,(H,26,29)(H,27,31). The Labute approximate surface area is 183 Å². The highest BCUT2D eigenvalue weighted by atomic mass is 16.2. The van der Waals surface area contributed by atoms with Crippen LogP contribution in [0.15, 0.2) is 48.5 Å². The van der Waals surface area contributed by atoms with Crippen LogP contribution in [0.2, 0.25) is 0 Å². The van der Waals surface area contributed by atoms with Crippen molar-refractivity contribution in [2.24, 2.45) is 5.92 Å². The van der Waals surface area contributed by atoms with Crippen LogP contribution in [0.5, 0.6) is 0 Å². The minimum absolute atomic E-state index is 0.160. The number of nitrogens with zero attached hydrogens (tertiary/aromatic N) is 1. The number of rotatable bonds is 6. The van der Waals surface area contributed by atoms with Gasteiger partial charge in [-0.3, -0.25) is 14.5 Å². The molecule has 1 fully saturated rings. The maximum absolute atomic E-state index is 13.3. The first-order chi connectivity index (χ1) is 14.9. The first-order valence-electron chi connectivity index (χ1n) is 11.0. The second-order valence-electron chi connectivity index (χ2n) is 8.77. The van der Waals surface area contributed by atoms with Gasteiger partial charge < -0.3 is 10.6 Å². The summed E-state index contributed by atoms with van der Waals surface area (Å²) in [5.41, 5.74) is 3.12. The van der Waals surface area contributed by atoms with Gasteiger partial charge in [-0.05, 0) is 47.4 Å². The SMILES string of the molecule is CCc1ccc(C(NC(=O)CN2C(=O)NC3(CCc4ccccc43)C2=O)C(C)C)cc1. The molecule has 2 N–H and O–H groups in total. The van der Waals surface area contributed by atoms with Crippen molar-refractivity contribution in [3.05, 3.63) is 70.8 Å². The average molecular weight is 420 g/mol. The molecule has 2 aliphatic rings. The lowest BCUT2D eigenvalue weighted by Gasteiger charge is -2.25. The van der Waals surface area contributed by atoms with Crippen LogP contribution in [0.25, 0.3) is 0 Å². The highest BCUT2D eigenvalue weighted by molar-refractivity contribution is 6.09. The number of nitrogens with one attached hydrogen (secondary N) is 2. The van der Waals surface area contributed by atoms with Crippen LogP contribution in [-0.2, 0) is 28.0 Å². The number of benzene rings is 2. The van der Waals surface area contributed by atoms with Gasteiger partial charge >= 0.3 is 6.03 Å². The van der Waals surface area contributed by atoms with Crippen LogP contribution in [0, 0.1) is 5.92 Å². The van der Waals surface area contributed by atoms with Crippen molar-refractivity contribution in [2.75, 3.05) is 6.54 Å². The second kappa shape index (κ2) is 8.17. The highest BCUT2D eigenvalue weighted by Gasteiger charge is 2.55. The summed E-state index contributed by atoms with van der Waals surface area (Å²) in [5, 5.41) is 5.89. The van der Waals surface area contributed by atoms with E-state index in [2.05, 4.69) is 29.7 Å². The Morgan fingerprint density at radius 2 is 1.84 bits per heavy atom. The topological polar surface area (TPSA) is 78.5 Å². The molecule has 0 saturated carbocycles. The van der Waals surface area contributed by atoms with E-state index in [1.807, 2.05) is 50.2 Å². The van der Waals surface area contributed by atoms with E-state index in [9.17, 15) is 14.4 Å². The Hall–Kier alpha value is -3.15. The van der Waals surface area contributed by atoms with Gasteiger partial charge in [-0.25, -0.2) is 4.79 Å². The molecule has 2 aromatic rings. The molecule has 1 saturated heterocycles. The summed E-state index contributed by atoms with van der Waals surface area (Å²) >= 11 is 0. The number of hydrogen-bond donors (Lipinski definition) is 2. The molecule has 4 amide bonds. The molecule has 1 heterocycles. The Bertz CT molecular complexity index is 1010. The summed E-state index contributed by atoms with van der Waals surface area (Å²) in [4.78, 5) is 39.8. The largest absolute Gasteiger partial charge is 0.347 e. The van der Waals surface area contributed by atoms with Gasteiger partial charge in [0.1, 0.15) is 12.1 Å².